The van der Waals surface area contributed by atoms with Crippen LogP contribution in [-0.4, -0.2) is 37.6 Å². The Hall–Kier alpha value is -4.32. The number of nitrogens with zero attached hydrogens (tertiary/aromatic N) is 2. The highest BCUT2D eigenvalue weighted by atomic mass is 32.1. The van der Waals surface area contributed by atoms with Crippen molar-refractivity contribution in [2.45, 2.75) is 82.1 Å². The lowest BCUT2D eigenvalue weighted by molar-refractivity contribution is -0.892. The SMILES string of the molecule is CCO[n+]1ccccc1C=CCCC(C)S.CCO[n+]1ccccc1C=CCCC(C)S.[O-]B([O-])OCCCC(c1ccccc1)(c1ccccc1)c1ccccc1. The molecule has 3 aromatic carbocycles. The van der Waals surface area contributed by atoms with Gasteiger partial charge >= 0.3 is 0 Å². The fourth-order valence-corrected chi connectivity index (χ4v) is 6.65. The maximum absolute atomic E-state index is 10.7. The normalized spacial score (nSPS) is 12.2. The minimum absolute atomic E-state index is 0.159. The number of rotatable bonds is 20. The van der Waals surface area contributed by atoms with E-state index in [4.69, 9.17) is 14.3 Å². The fourth-order valence-electron chi connectivity index (χ4n) is 6.36. The first-order chi connectivity index (χ1) is 28.2. The second-order valence-electron chi connectivity index (χ2n) is 13.7. The molecule has 0 fully saturated rings. The number of hydrogen-bond donors (Lipinski definition) is 2. The summed E-state index contributed by atoms with van der Waals surface area (Å²) >= 11 is 8.70. The summed E-state index contributed by atoms with van der Waals surface area (Å²) in [5, 5.41) is 22.3. The molecule has 0 aliphatic carbocycles. The van der Waals surface area contributed by atoms with Crippen LogP contribution in [0.5, 0.6) is 0 Å². The van der Waals surface area contributed by atoms with Crippen molar-refractivity contribution in [3.63, 3.8) is 0 Å². The largest absolute Gasteiger partial charge is 0.871 e. The van der Waals surface area contributed by atoms with Crippen LogP contribution in [0.2, 0.25) is 0 Å². The molecule has 308 valence electrons. The van der Waals surface area contributed by atoms with E-state index in [0.717, 1.165) is 43.5 Å². The zero-order valence-corrected chi connectivity index (χ0v) is 36.3. The first-order valence-corrected chi connectivity index (χ1v) is 21.3. The summed E-state index contributed by atoms with van der Waals surface area (Å²) in [4.78, 5) is 10.9. The third kappa shape index (κ3) is 17.3. The van der Waals surface area contributed by atoms with Crippen molar-refractivity contribution in [1.82, 2.24) is 0 Å². The van der Waals surface area contributed by atoms with Crippen LogP contribution < -0.4 is 29.2 Å². The molecule has 5 aromatic rings. The fraction of sp³-hybridized carbons (Fsp3) is 0.333. The van der Waals surface area contributed by atoms with Crippen LogP contribution in [-0.2, 0) is 10.1 Å². The first-order valence-electron chi connectivity index (χ1n) is 20.3. The Morgan fingerprint density at radius 1 is 0.603 bits per heavy atom. The summed E-state index contributed by atoms with van der Waals surface area (Å²) in [6, 6.07) is 43.1. The molecule has 0 bridgehead atoms. The van der Waals surface area contributed by atoms with E-state index in [-0.39, 0.29) is 12.0 Å². The van der Waals surface area contributed by atoms with Gasteiger partial charge < -0.3 is 14.7 Å². The maximum Gasteiger partial charge on any atom is 0.257 e. The number of pyridine rings is 2. The molecule has 10 heteroatoms. The Kier molecular flexibility index (Phi) is 23.3. The summed E-state index contributed by atoms with van der Waals surface area (Å²) in [6.45, 7) is 9.68. The minimum atomic E-state index is -2.23. The number of aromatic nitrogens is 2. The first kappa shape index (κ1) is 48.1. The topological polar surface area (TPSA) is 81.6 Å². The summed E-state index contributed by atoms with van der Waals surface area (Å²) in [7, 11) is -2.23. The van der Waals surface area contributed by atoms with Crippen molar-refractivity contribution in [3.8, 4) is 0 Å². The number of benzene rings is 3. The highest BCUT2D eigenvalue weighted by Gasteiger charge is 2.35. The van der Waals surface area contributed by atoms with Crippen molar-refractivity contribution in [2.24, 2.45) is 0 Å². The van der Waals surface area contributed by atoms with Gasteiger partial charge in [0.1, 0.15) is 0 Å². The van der Waals surface area contributed by atoms with Crippen LogP contribution in [0.4, 0.5) is 0 Å². The van der Waals surface area contributed by atoms with E-state index in [0.29, 0.717) is 30.1 Å². The molecule has 2 aromatic heterocycles. The predicted octanol–water partition coefficient (Wildman–Crippen LogP) is 7.59. The molecule has 0 saturated carbocycles. The molecule has 7 nitrogen and oxygen atoms in total. The lowest BCUT2D eigenvalue weighted by Crippen LogP contribution is -2.48. The van der Waals surface area contributed by atoms with E-state index in [1.54, 1.807) is 9.46 Å². The zero-order chi connectivity index (χ0) is 41.9. The Labute approximate surface area is 359 Å². The van der Waals surface area contributed by atoms with Crippen LogP contribution in [0.3, 0.4) is 0 Å². The second kappa shape index (κ2) is 28.2. The molecule has 2 heterocycles. The van der Waals surface area contributed by atoms with Gasteiger partial charge in [0.25, 0.3) is 11.4 Å². The second-order valence-corrected chi connectivity index (χ2v) is 15.4. The molecule has 2 unspecified atom stereocenters. The Morgan fingerprint density at radius 2 is 0.983 bits per heavy atom. The molecule has 2 atom stereocenters. The maximum atomic E-state index is 10.7. The monoisotopic (exact) mass is 820 g/mol. The lowest BCUT2D eigenvalue weighted by Gasteiger charge is -2.37. The average molecular weight is 821 g/mol. The van der Waals surface area contributed by atoms with Crippen LogP contribution in [0.1, 0.15) is 94.3 Å². The van der Waals surface area contributed by atoms with Crippen LogP contribution in [0.15, 0.2) is 152 Å². The Morgan fingerprint density at radius 3 is 1.33 bits per heavy atom. The minimum Gasteiger partial charge on any atom is -0.871 e. The van der Waals surface area contributed by atoms with E-state index >= 15 is 0 Å². The van der Waals surface area contributed by atoms with Crippen molar-refractivity contribution in [1.29, 1.82) is 0 Å². The standard InChI is InChI=1S/C22H21BO3.2C13H19NOS/c24-23(25)26-18-10-17-22(19-11-4-1-5-12-19,20-13-6-2-7-14-20)21-15-8-3-9-16-21;2*1-3-15-14-11-7-6-10-13(14)9-5-4-8-12(2)16/h1-9,11-16H,10,17-18H2;2*5-7,9-12H,3-4,8H2,1-2H3/q-2;;/p+2. The van der Waals surface area contributed by atoms with Gasteiger partial charge in [-0.15, -0.1) is 0 Å². The summed E-state index contributed by atoms with van der Waals surface area (Å²) < 4.78 is 8.32. The number of allylic oxidation sites excluding steroid dienone is 2. The van der Waals surface area contributed by atoms with Gasteiger partial charge in [0.15, 0.2) is 13.2 Å². The summed E-state index contributed by atoms with van der Waals surface area (Å²) in [5.74, 6) is 0. The Balaban J connectivity index is 0.000000246. The lowest BCUT2D eigenvalue weighted by atomic mass is 9.67. The average Bonchev–Trinajstić information content (AvgIpc) is 3.24. The molecular weight excluding hydrogens is 759 g/mol. The van der Waals surface area contributed by atoms with Crippen LogP contribution in [0.25, 0.3) is 12.2 Å². The Bertz CT molecular complexity index is 1700. The highest BCUT2D eigenvalue weighted by Crippen LogP contribution is 2.43. The third-order valence-electron chi connectivity index (χ3n) is 9.07. The zero-order valence-electron chi connectivity index (χ0n) is 34.5. The van der Waals surface area contributed by atoms with Crippen molar-refractivity contribution >= 4 is 44.7 Å². The van der Waals surface area contributed by atoms with E-state index in [2.05, 4.69) is 99.8 Å². The number of hydrogen-bond acceptors (Lipinski definition) is 7. The van der Waals surface area contributed by atoms with E-state index < -0.39 is 7.32 Å². The molecule has 58 heavy (non-hydrogen) atoms. The molecule has 0 saturated heterocycles. The van der Waals surface area contributed by atoms with Gasteiger partial charge in [-0.3, -0.25) is 9.68 Å². The quantitative estimate of drug-likeness (QED) is 0.0278. The van der Waals surface area contributed by atoms with Crippen LogP contribution in [0, 0.1) is 0 Å². The van der Waals surface area contributed by atoms with E-state index in [9.17, 15) is 10.0 Å². The van der Waals surface area contributed by atoms with Gasteiger partial charge in [-0.05, 0) is 91.7 Å². The van der Waals surface area contributed by atoms with Crippen molar-refractivity contribution in [3.05, 3.63) is 180 Å². The molecule has 0 amide bonds. The van der Waals surface area contributed by atoms with Gasteiger partial charge in [0.05, 0.1) is 7.32 Å². The van der Waals surface area contributed by atoms with Gasteiger partial charge in [-0.1, -0.05) is 117 Å². The highest BCUT2D eigenvalue weighted by molar-refractivity contribution is 7.81. The van der Waals surface area contributed by atoms with Gasteiger partial charge in [0, 0.05) is 57.9 Å². The third-order valence-corrected chi connectivity index (χ3v) is 9.59. The molecule has 0 N–H and O–H groups in total. The summed E-state index contributed by atoms with van der Waals surface area (Å²) in [6.07, 6.45) is 18.0. The molecule has 0 radical (unpaired) electrons. The molecule has 0 aliphatic heterocycles. The van der Waals surface area contributed by atoms with Gasteiger partial charge in [0.2, 0.25) is 12.4 Å². The van der Waals surface area contributed by atoms with Crippen molar-refractivity contribution in [2.75, 3.05) is 19.8 Å². The molecule has 5 rings (SSSR count). The van der Waals surface area contributed by atoms with Crippen LogP contribution >= 0.6 is 25.3 Å². The van der Waals surface area contributed by atoms with E-state index in [1.165, 1.54) is 16.7 Å². The predicted molar refractivity (Wildman–Crippen MR) is 241 cm³/mol. The number of thiol groups is 2. The van der Waals surface area contributed by atoms with Gasteiger partial charge in [-0.25, -0.2) is 0 Å². The van der Waals surface area contributed by atoms with Crippen molar-refractivity contribution < 1.29 is 33.8 Å². The smallest absolute Gasteiger partial charge is 0.257 e. The molecule has 0 aliphatic rings. The molecular formula is C48H61BN2O5S2. The summed E-state index contributed by atoms with van der Waals surface area (Å²) in [5.41, 5.74) is 5.30. The molecule has 0 spiro atoms. The van der Waals surface area contributed by atoms with E-state index in [1.807, 2.05) is 117 Å². The van der Waals surface area contributed by atoms with Gasteiger partial charge in [-0.2, -0.15) is 25.3 Å².